The van der Waals surface area contributed by atoms with Crippen LogP contribution in [0.4, 0.5) is 17.1 Å². The monoisotopic (exact) mass is 512 g/mol. The van der Waals surface area contributed by atoms with E-state index in [1.165, 1.54) is 11.3 Å². The first kappa shape index (κ1) is 25.7. The predicted octanol–water partition coefficient (Wildman–Crippen LogP) is 4.95. The SMILES string of the molecule is Cc1c(CN2CCN(c3ccccc3N=[N+]=[N-])CC2)cc(C(=O)N2CCN(c3ccccc3)CC2C)n1C. The summed E-state index contributed by atoms with van der Waals surface area (Å²) in [5.41, 5.74) is 14.9. The van der Waals surface area contributed by atoms with Crippen molar-refractivity contribution >= 4 is 23.0 Å². The van der Waals surface area contributed by atoms with Crippen molar-refractivity contribution < 1.29 is 4.79 Å². The van der Waals surface area contributed by atoms with Gasteiger partial charge in [-0.05, 0) is 49.2 Å². The lowest BCUT2D eigenvalue weighted by Gasteiger charge is -2.41. The van der Waals surface area contributed by atoms with E-state index in [4.69, 9.17) is 5.53 Å². The lowest BCUT2D eigenvalue weighted by atomic mass is 10.1. The summed E-state index contributed by atoms with van der Waals surface area (Å²) in [6.07, 6.45) is 0. The Hall–Kier alpha value is -3.94. The first-order valence-electron chi connectivity index (χ1n) is 13.3. The summed E-state index contributed by atoms with van der Waals surface area (Å²) < 4.78 is 2.06. The summed E-state index contributed by atoms with van der Waals surface area (Å²) in [7, 11) is 2.00. The molecule has 1 aromatic heterocycles. The molecule has 1 amide bonds. The van der Waals surface area contributed by atoms with E-state index in [9.17, 15) is 4.79 Å². The standard InChI is InChI=1S/C29H36N8O/c1-22-20-36(25-9-5-4-6-10-25)17-18-37(22)29(38)28-19-24(23(2)33(28)3)21-34-13-15-35(16-14-34)27-12-8-7-11-26(27)31-32-30/h4-12,19,22H,13-18,20-21H2,1-3H3. The number of carbonyl (C=O) groups excluding carboxylic acids is 1. The fourth-order valence-electron chi connectivity index (χ4n) is 5.66. The molecular formula is C29H36N8O. The van der Waals surface area contributed by atoms with Crippen molar-refractivity contribution in [1.29, 1.82) is 0 Å². The molecule has 1 unspecified atom stereocenters. The highest BCUT2D eigenvalue weighted by molar-refractivity contribution is 5.93. The number of rotatable bonds is 6. The zero-order chi connectivity index (χ0) is 26.6. The smallest absolute Gasteiger partial charge is 0.270 e. The van der Waals surface area contributed by atoms with Gasteiger partial charge in [0.25, 0.3) is 5.91 Å². The third-order valence-electron chi connectivity index (χ3n) is 8.01. The second kappa shape index (κ2) is 11.2. The molecule has 0 saturated carbocycles. The molecule has 2 aliphatic rings. The molecule has 0 radical (unpaired) electrons. The van der Waals surface area contributed by atoms with Gasteiger partial charge in [-0.25, -0.2) is 0 Å². The zero-order valence-corrected chi connectivity index (χ0v) is 22.5. The largest absolute Gasteiger partial charge is 0.369 e. The maximum atomic E-state index is 13.6. The molecule has 38 heavy (non-hydrogen) atoms. The van der Waals surface area contributed by atoms with Gasteiger partial charge in [0.05, 0.1) is 5.69 Å². The van der Waals surface area contributed by atoms with Crippen molar-refractivity contribution in [3.8, 4) is 0 Å². The van der Waals surface area contributed by atoms with E-state index < -0.39 is 0 Å². The fourth-order valence-corrected chi connectivity index (χ4v) is 5.66. The van der Waals surface area contributed by atoms with Crippen molar-refractivity contribution in [2.45, 2.75) is 26.4 Å². The van der Waals surface area contributed by atoms with Crippen LogP contribution in [-0.4, -0.2) is 72.1 Å². The van der Waals surface area contributed by atoms with Gasteiger partial charge in [0.2, 0.25) is 0 Å². The Morgan fingerprint density at radius 2 is 1.66 bits per heavy atom. The van der Waals surface area contributed by atoms with Gasteiger partial charge in [0.1, 0.15) is 5.69 Å². The summed E-state index contributed by atoms with van der Waals surface area (Å²) >= 11 is 0. The van der Waals surface area contributed by atoms with Crippen LogP contribution >= 0.6 is 0 Å². The van der Waals surface area contributed by atoms with Crippen LogP contribution in [0.3, 0.4) is 0 Å². The molecule has 0 bridgehead atoms. The summed E-state index contributed by atoms with van der Waals surface area (Å²) in [6.45, 7) is 11.0. The van der Waals surface area contributed by atoms with Crippen LogP contribution in [0, 0.1) is 6.92 Å². The lowest BCUT2D eigenvalue weighted by Crippen LogP contribution is -2.54. The molecule has 9 heteroatoms. The number of anilines is 2. The van der Waals surface area contributed by atoms with Crippen LogP contribution in [0.2, 0.25) is 0 Å². The molecule has 3 heterocycles. The minimum atomic E-state index is 0.113. The maximum absolute atomic E-state index is 13.6. The third-order valence-corrected chi connectivity index (χ3v) is 8.01. The Labute approximate surface area is 224 Å². The number of azide groups is 1. The van der Waals surface area contributed by atoms with Crippen LogP contribution in [0.15, 0.2) is 65.8 Å². The molecule has 5 rings (SSSR count). The Bertz CT molecular complexity index is 1320. The average Bonchev–Trinajstić information content (AvgIpc) is 3.22. The van der Waals surface area contributed by atoms with Crippen LogP contribution in [0.25, 0.3) is 10.4 Å². The molecule has 3 aromatic rings. The molecular weight excluding hydrogens is 476 g/mol. The van der Waals surface area contributed by atoms with Gasteiger partial charge in [0.15, 0.2) is 0 Å². The van der Waals surface area contributed by atoms with Crippen LogP contribution in [-0.2, 0) is 13.6 Å². The molecule has 0 spiro atoms. The summed E-state index contributed by atoms with van der Waals surface area (Å²) in [4.78, 5) is 25.7. The summed E-state index contributed by atoms with van der Waals surface area (Å²) in [5.74, 6) is 0.113. The van der Waals surface area contributed by atoms with Crippen molar-refractivity contribution in [3.05, 3.63) is 88.1 Å². The number of nitrogens with zero attached hydrogens (tertiary/aromatic N) is 8. The molecule has 2 saturated heterocycles. The first-order chi connectivity index (χ1) is 18.5. The minimum absolute atomic E-state index is 0.113. The van der Waals surface area contributed by atoms with Gasteiger partial charge in [-0.3, -0.25) is 9.69 Å². The summed E-state index contributed by atoms with van der Waals surface area (Å²) in [6, 6.07) is 20.4. The summed E-state index contributed by atoms with van der Waals surface area (Å²) in [5, 5.41) is 3.86. The predicted molar refractivity (Wildman–Crippen MR) is 152 cm³/mol. The molecule has 2 aromatic carbocycles. The number of aromatic nitrogens is 1. The Balaban J connectivity index is 1.22. The number of piperazine rings is 2. The Kier molecular flexibility index (Phi) is 7.58. The van der Waals surface area contributed by atoms with Crippen molar-refractivity contribution in [2.75, 3.05) is 55.6 Å². The lowest BCUT2D eigenvalue weighted by molar-refractivity contribution is 0.0664. The number of para-hydroxylation sites is 2. The second-order valence-electron chi connectivity index (χ2n) is 10.3. The van der Waals surface area contributed by atoms with E-state index in [2.05, 4.69) is 73.5 Å². The van der Waals surface area contributed by atoms with Crippen molar-refractivity contribution in [3.63, 3.8) is 0 Å². The molecule has 2 aliphatic heterocycles. The molecule has 2 fully saturated rings. The van der Waals surface area contributed by atoms with E-state index in [0.717, 1.165) is 62.9 Å². The highest BCUT2D eigenvalue weighted by Crippen LogP contribution is 2.30. The van der Waals surface area contributed by atoms with Crippen molar-refractivity contribution in [1.82, 2.24) is 14.4 Å². The van der Waals surface area contributed by atoms with Gasteiger partial charge in [-0.15, -0.1) is 0 Å². The van der Waals surface area contributed by atoms with Gasteiger partial charge < -0.3 is 19.3 Å². The van der Waals surface area contributed by atoms with E-state index in [-0.39, 0.29) is 11.9 Å². The van der Waals surface area contributed by atoms with Crippen LogP contribution < -0.4 is 9.80 Å². The number of hydrogen-bond donors (Lipinski definition) is 0. The highest BCUT2D eigenvalue weighted by Gasteiger charge is 2.30. The highest BCUT2D eigenvalue weighted by atomic mass is 16.2. The number of hydrogen-bond acceptors (Lipinski definition) is 5. The number of carbonyl (C=O) groups is 1. The van der Waals surface area contributed by atoms with Crippen LogP contribution in [0.5, 0.6) is 0 Å². The van der Waals surface area contributed by atoms with Crippen LogP contribution in [0.1, 0.15) is 28.7 Å². The third kappa shape index (κ3) is 5.21. The first-order valence-corrected chi connectivity index (χ1v) is 13.3. The second-order valence-corrected chi connectivity index (χ2v) is 10.3. The normalized spacial score (nSPS) is 18.4. The quantitative estimate of drug-likeness (QED) is 0.266. The number of benzene rings is 2. The topological polar surface area (TPSA) is 83.7 Å². The van der Waals surface area contributed by atoms with E-state index >= 15 is 0 Å². The minimum Gasteiger partial charge on any atom is -0.369 e. The Morgan fingerprint density at radius 1 is 0.974 bits per heavy atom. The van der Waals surface area contributed by atoms with E-state index in [1.807, 2.05) is 42.3 Å². The molecule has 1 atom stereocenters. The van der Waals surface area contributed by atoms with Gasteiger partial charge in [-0.2, -0.15) is 0 Å². The number of amides is 1. The van der Waals surface area contributed by atoms with Gasteiger partial charge in [-0.1, -0.05) is 41.5 Å². The van der Waals surface area contributed by atoms with Gasteiger partial charge >= 0.3 is 0 Å². The molecule has 9 nitrogen and oxygen atoms in total. The van der Waals surface area contributed by atoms with E-state index in [1.54, 1.807) is 0 Å². The molecule has 0 aliphatic carbocycles. The Morgan fingerprint density at radius 3 is 2.37 bits per heavy atom. The van der Waals surface area contributed by atoms with E-state index in [0.29, 0.717) is 12.2 Å². The average molecular weight is 513 g/mol. The molecule has 0 N–H and O–H groups in total. The fraction of sp³-hybridized carbons (Fsp3) is 0.414. The van der Waals surface area contributed by atoms with Gasteiger partial charge in [0, 0.05) is 87.4 Å². The maximum Gasteiger partial charge on any atom is 0.270 e. The molecule has 198 valence electrons. The van der Waals surface area contributed by atoms with Crippen molar-refractivity contribution in [2.24, 2.45) is 12.2 Å². The zero-order valence-electron chi connectivity index (χ0n) is 22.5.